The molecule has 21 heavy (non-hydrogen) atoms. The van der Waals surface area contributed by atoms with E-state index >= 15 is 0 Å². The average molecular weight is 324 g/mol. The molecule has 1 amide bonds. The van der Waals surface area contributed by atoms with E-state index in [0.29, 0.717) is 15.6 Å². The van der Waals surface area contributed by atoms with Gasteiger partial charge in [-0.1, -0.05) is 29.8 Å². The Hall–Kier alpha value is -1.85. The number of methoxy groups -OCH3 is 1. The highest BCUT2D eigenvalue weighted by Crippen LogP contribution is 2.28. The van der Waals surface area contributed by atoms with Crippen molar-refractivity contribution in [3.63, 3.8) is 0 Å². The van der Waals surface area contributed by atoms with Gasteiger partial charge < -0.3 is 10.1 Å². The molecule has 1 aromatic heterocycles. The first-order chi connectivity index (χ1) is 10.0. The molecular formula is C15H14ClNO3S. The minimum Gasteiger partial charge on any atom is -0.465 e. The van der Waals surface area contributed by atoms with E-state index in [1.807, 2.05) is 19.1 Å². The molecule has 0 atom stereocenters. The molecule has 0 fully saturated rings. The summed E-state index contributed by atoms with van der Waals surface area (Å²) < 4.78 is 4.70. The lowest BCUT2D eigenvalue weighted by Gasteiger charge is -2.06. The molecule has 2 aromatic rings. The maximum Gasteiger partial charge on any atom is 0.340 e. The van der Waals surface area contributed by atoms with Crippen LogP contribution in [0.15, 0.2) is 30.3 Å². The number of rotatable bonds is 4. The number of esters is 1. The molecule has 2 rings (SSSR count). The van der Waals surface area contributed by atoms with Crippen LogP contribution in [-0.4, -0.2) is 19.0 Å². The monoisotopic (exact) mass is 323 g/mol. The number of ether oxygens (including phenoxy) is 1. The molecule has 1 heterocycles. The molecule has 0 radical (unpaired) electrons. The van der Waals surface area contributed by atoms with E-state index in [2.05, 4.69) is 5.32 Å². The van der Waals surface area contributed by atoms with E-state index in [4.69, 9.17) is 16.3 Å². The molecule has 0 aliphatic carbocycles. The summed E-state index contributed by atoms with van der Waals surface area (Å²) in [5.74, 6) is -0.692. The highest BCUT2D eigenvalue weighted by molar-refractivity contribution is 7.16. The number of carbonyl (C=O) groups excluding carboxylic acids is 2. The Morgan fingerprint density at radius 1 is 1.33 bits per heavy atom. The second kappa shape index (κ2) is 6.74. The summed E-state index contributed by atoms with van der Waals surface area (Å²) in [4.78, 5) is 24.7. The third kappa shape index (κ3) is 3.83. The minimum atomic E-state index is -0.465. The third-order valence-electron chi connectivity index (χ3n) is 2.82. The lowest BCUT2D eigenvalue weighted by molar-refractivity contribution is -0.115. The number of hydrogen-bond acceptors (Lipinski definition) is 4. The van der Waals surface area contributed by atoms with Crippen LogP contribution in [0.4, 0.5) is 5.00 Å². The van der Waals surface area contributed by atoms with Crippen LogP contribution >= 0.6 is 22.9 Å². The van der Waals surface area contributed by atoms with Gasteiger partial charge in [0.15, 0.2) is 0 Å². The van der Waals surface area contributed by atoms with E-state index in [9.17, 15) is 9.59 Å². The maximum absolute atomic E-state index is 12.1. The molecule has 110 valence electrons. The number of nitrogens with one attached hydrogen (secondary N) is 1. The van der Waals surface area contributed by atoms with Gasteiger partial charge in [0, 0.05) is 9.90 Å². The van der Waals surface area contributed by atoms with E-state index in [0.717, 1.165) is 10.4 Å². The van der Waals surface area contributed by atoms with Crippen LogP contribution < -0.4 is 5.32 Å². The van der Waals surface area contributed by atoms with Gasteiger partial charge in [-0.3, -0.25) is 4.79 Å². The van der Waals surface area contributed by atoms with Crippen molar-refractivity contribution < 1.29 is 14.3 Å². The predicted octanol–water partition coefficient (Wildman–Crippen LogP) is 3.68. The van der Waals surface area contributed by atoms with Crippen LogP contribution in [0.2, 0.25) is 5.02 Å². The Morgan fingerprint density at radius 3 is 2.71 bits per heavy atom. The maximum atomic E-state index is 12.1. The number of halogens is 1. The fourth-order valence-corrected chi connectivity index (χ4v) is 2.97. The second-order valence-corrected chi connectivity index (χ2v) is 6.07. The van der Waals surface area contributed by atoms with Crippen LogP contribution in [0.25, 0.3) is 0 Å². The number of hydrogen-bond donors (Lipinski definition) is 1. The van der Waals surface area contributed by atoms with Gasteiger partial charge in [0.05, 0.1) is 19.1 Å². The largest absolute Gasteiger partial charge is 0.465 e. The van der Waals surface area contributed by atoms with Crippen LogP contribution in [0, 0.1) is 6.92 Å². The van der Waals surface area contributed by atoms with Crippen LogP contribution in [0.3, 0.4) is 0 Å². The molecule has 4 nitrogen and oxygen atoms in total. The van der Waals surface area contributed by atoms with Crippen molar-refractivity contribution in [2.75, 3.05) is 12.4 Å². The highest BCUT2D eigenvalue weighted by atomic mass is 35.5. The van der Waals surface area contributed by atoms with Gasteiger partial charge in [-0.2, -0.15) is 0 Å². The van der Waals surface area contributed by atoms with E-state index < -0.39 is 5.97 Å². The van der Waals surface area contributed by atoms with Crippen LogP contribution in [0.1, 0.15) is 20.8 Å². The normalized spacial score (nSPS) is 10.2. The highest BCUT2D eigenvalue weighted by Gasteiger charge is 2.17. The fraction of sp³-hybridized carbons (Fsp3) is 0.200. The first kappa shape index (κ1) is 15.5. The number of anilines is 1. The van der Waals surface area contributed by atoms with Crippen molar-refractivity contribution in [1.82, 2.24) is 0 Å². The predicted molar refractivity (Wildman–Crippen MR) is 84.2 cm³/mol. The summed E-state index contributed by atoms with van der Waals surface area (Å²) >= 11 is 7.36. The van der Waals surface area contributed by atoms with Gasteiger partial charge in [-0.15, -0.1) is 11.3 Å². The lowest BCUT2D eigenvalue weighted by atomic mass is 10.1. The topological polar surface area (TPSA) is 55.4 Å². The first-order valence-corrected chi connectivity index (χ1v) is 7.42. The molecule has 0 saturated carbocycles. The number of thiophene rings is 1. The van der Waals surface area contributed by atoms with Crippen molar-refractivity contribution in [2.24, 2.45) is 0 Å². The number of amides is 1. The summed E-state index contributed by atoms with van der Waals surface area (Å²) in [6, 6.07) is 8.86. The van der Waals surface area contributed by atoms with E-state index in [1.165, 1.54) is 18.4 Å². The van der Waals surface area contributed by atoms with Crippen molar-refractivity contribution in [3.8, 4) is 0 Å². The Labute approximate surface area is 131 Å². The molecule has 1 aromatic carbocycles. The quantitative estimate of drug-likeness (QED) is 0.873. The van der Waals surface area contributed by atoms with Crippen molar-refractivity contribution in [1.29, 1.82) is 0 Å². The van der Waals surface area contributed by atoms with Crippen molar-refractivity contribution >= 4 is 39.8 Å². The SMILES string of the molecule is COC(=O)c1cc(C)sc1NC(=O)Cc1ccccc1Cl. The Morgan fingerprint density at radius 2 is 2.05 bits per heavy atom. The summed E-state index contributed by atoms with van der Waals surface area (Å²) in [5.41, 5.74) is 1.11. The molecule has 1 N–H and O–H groups in total. The van der Waals surface area contributed by atoms with Gasteiger partial charge in [0.25, 0.3) is 0 Å². The Balaban J connectivity index is 2.13. The third-order valence-corrected chi connectivity index (χ3v) is 4.16. The van der Waals surface area contributed by atoms with Gasteiger partial charge >= 0.3 is 5.97 Å². The Bertz CT molecular complexity index is 681. The average Bonchev–Trinajstić information content (AvgIpc) is 2.81. The molecule has 0 unspecified atom stereocenters. The van der Waals surface area contributed by atoms with E-state index in [1.54, 1.807) is 18.2 Å². The molecule has 0 aliphatic heterocycles. The summed E-state index contributed by atoms with van der Waals surface area (Å²) in [6.45, 7) is 1.86. The van der Waals surface area contributed by atoms with E-state index in [-0.39, 0.29) is 12.3 Å². The fourth-order valence-electron chi connectivity index (χ4n) is 1.85. The first-order valence-electron chi connectivity index (χ1n) is 6.23. The van der Waals surface area contributed by atoms with Gasteiger partial charge in [-0.05, 0) is 24.6 Å². The van der Waals surface area contributed by atoms with Crippen LogP contribution in [-0.2, 0) is 16.0 Å². The van der Waals surface area contributed by atoms with Gasteiger partial charge in [0.2, 0.25) is 5.91 Å². The summed E-state index contributed by atoms with van der Waals surface area (Å²) in [5, 5.41) is 3.78. The molecule has 0 bridgehead atoms. The standard InChI is InChI=1S/C15H14ClNO3S/c1-9-7-11(15(19)20-2)14(21-9)17-13(18)8-10-5-3-4-6-12(10)16/h3-7H,8H2,1-2H3,(H,17,18). The number of benzene rings is 1. The zero-order valence-corrected chi connectivity index (χ0v) is 13.2. The molecular weight excluding hydrogens is 310 g/mol. The molecule has 0 aliphatic rings. The zero-order chi connectivity index (χ0) is 15.4. The lowest BCUT2D eigenvalue weighted by Crippen LogP contribution is -2.16. The van der Waals surface area contributed by atoms with Gasteiger partial charge in [-0.25, -0.2) is 4.79 Å². The number of aryl methyl sites for hydroxylation is 1. The Kier molecular flexibility index (Phi) is 4.98. The summed E-state index contributed by atoms with van der Waals surface area (Å²) in [6.07, 6.45) is 0.150. The summed E-state index contributed by atoms with van der Waals surface area (Å²) in [7, 11) is 1.31. The van der Waals surface area contributed by atoms with Crippen molar-refractivity contribution in [2.45, 2.75) is 13.3 Å². The second-order valence-electron chi connectivity index (χ2n) is 4.41. The molecule has 0 saturated heterocycles. The minimum absolute atomic E-state index is 0.150. The molecule has 6 heteroatoms. The zero-order valence-electron chi connectivity index (χ0n) is 11.6. The smallest absolute Gasteiger partial charge is 0.340 e. The van der Waals surface area contributed by atoms with Crippen LogP contribution in [0.5, 0.6) is 0 Å². The molecule has 0 spiro atoms. The van der Waals surface area contributed by atoms with Crippen molar-refractivity contribution in [3.05, 3.63) is 51.4 Å². The van der Waals surface area contributed by atoms with Gasteiger partial charge in [0.1, 0.15) is 5.00 Å². The number of carbonyl (C=O) groups is 2.